The van der Waals surface area contributed by atoms with Crippen LogP contribution in [-0.4, -0.2) is 10.7 Å². The molecule has 2 aromatic carbocycles. The second-order valence-electron chi connectivity index (χ2n) is 6.61. The van der Waals surface area contributed by atoms with Crippen LogP contribution in [0.1, 0.15) is 40.4 Å². The summed E-state index contributed by atoms with van der Waals surface area (Å²) in [4.78, 5) is 4.68. The van der Waals surface area contributed by atoms with Crippen LogP contribution < -0.4 is 5.01 Å². The molecule has 2 heterocycles. The standard InChI is InChI=1S/C21H21N3S/c1-14-8-10-17(11-9-14)19-12-20(18-7-5-4-6-15(18)2)24(23-19)21-22-16(3)13-25-21/h4-11,13,20H,12H2,1-3H3/t20-/m0/s1. The molecule has 0 spiro atoms. The summed E-state index contributed by atoms with van der Waals surface area (Å²) in [5.74, 6) is 0. The van der Waals surface area contributed by atoms with Crippen LogP contribution in [0.2, 0.25) is 0 Å². The molecule has 0 aliphatic carbocycles. The van der Waals surface area contributed by atoms with Gasteiger partial charge in [0.25, 0.3) is 0 Å². The lowest BCUT2D eigenvalue weighted by molar-refractivity contribution is 0.701. The molecule has 1 aliphatic heterocycles. The lowest BCUT2D eigenvalue weighted by atomic mass is 9.95. The van der Waals surface area contributed by atoms with Gasteiger partial charge in [-0.1, -0.05) is 54.1 Å². The normalized spacial score (nSPS) is 17.0. The average Bonchev–Trinajstić information content (AvgIpc) is 3.22. The van der Waals surface area contributed by atoms with E-state index in [2.05, 4.69) is 77.8 Å². The van der Waals surface area contributed by atoms with Crippen molar-refractivity contribution in [2.24, 2.45) is 5.10 Å². The topological polar surface area (TPSA) is 28.5 Å². The lowest BCUT2D eigenvalue weighted by Crippen LogP contribution is -2.19. The molecule has 0 unspecified atom stereocenters. The van der Waals surface area contributed by atoms with Gasteiger partial charge in [0.2, 0.25) is 5.13 Å². The van der Waals surface area contributed by atoms with Crippen LogP contribution in [-0.2, 0) is 0 Å². The summed E-state index contributed by atoms with van der Waals surface area (Å²) in [5.41, 5.74) is 7.25. The van der Waals surface area contributed by atoms with E-state index in [-0.39, 0.29) is 6.04 Å². The molecule has 4 rings (SSSR count). The molecule has 0 N–H and O–H groups in total. The van der Waals surface area contributed by atoms with Gasteiger partial charge in [-0.2, -0.15) is 5.10 Å². The van der Waals surface area contributed by atoms with Crippen LogP contribution in [0.25, 0.3) is 0 Å². The average molecular weight is 347 g/mol. The van der Waals surface area contributed by atoms with E-state index < -0.39 is 0 Å². The zero-order chi connectivity index (χ0) is 17.4. The van der Waals surface area contributed by atoms with Crippen molar-refractivity contribution in [3.8, 4) is 0 Å². The molecule has 1 aromatic heterocycles. The van der Waals surface area contributed by atoms with Crippen LogP contribution in [0.3, 0.4) is 0 Å². The van der Waals surface area contributed by atoms with Gasteiger partial charge in [0.15, 0.2) is 0 Å². The molecular formula is C21H21N3S. The van der Waals surface area contributed by atoms with Gasteiger partial charge in [0, 0.05) is 11.8 Å². The third kappa shape index (κ3) is 3.10. The quantitative estimate of drug-likeness (QED) is 0.632. The van der Waals surface area contributed by atoms with E-state index in [9.17, 15) is 0 Å². The smallest absolute Gasteiger partial charge is 0.206 e. The first kappa shape index (κ1) is 16.0. The Morgan fingerprint density at radius 3 is 2.44 bits per heavy atom. The van der Waals surface area contributed by atoms with Crippen molar-refractivity contribution in [2.45, 2.75) is 33.2 Å². The number of hydrogen-bond donors (Lipinski definition) is 0. The number of hydrogen-bond acceptors (Lipinski definition) is 4. The highest BCUT2D eigenvalue weighted by atomic mass is 32.1. The van der Waals surface area contributed by atoms with Crippen molar-refractivity contribution in [3.05, 3.63) is 81.9 Å². The van der Waals surface area contributed by atoms with E-state index >= 15 is 0 Å². The second-order valence-corrected chi connectivity index (χ2v) is 7.44. The largest absolute Gasteiger partial charge is 0.231 e. The molecule has 0 saturated heterocycles. The zero-order valence-corrected chi connectivity index (χ0v) is 15.5. The number of aryl methyl sites for hydroxylation is 3. The first-order valence-corrected chi connectivity index (χ1v) is 9.41. The summed E-state index contributed by atoms with van der Waals surface area (Å²) in [6.07, 6.45) is 0.895. The Labute approximate surface area is 152 Å². The van der Waals surface area contributed by atoms with E-state index in [1.807, 2.05) is 6.92 Å². The minimum absolute atomic E-state index is 0.197. The Morgan fingerprint density at radius 1 is 1.00 bits per heavy atom. The highest BCUT2D eigenvalue weighted by Gasteiger charge is 2.32. The molecule has 4 heteroatoms. The summed E-state index contributed by atoms with van der Waals surface area (Å²) < 4.78 is 0. The first-order chi connectivity index (χ1) is 12.1. The van der Waals surface area contributed by atoms with Crippen LogP contribution in [0.5, 0.6) is 0 Å². The molecule has 25 heavy (non-hydrogen) atoms. The van der Waals surface area contributed by atoms with Crippen molar-refractivity contribution in [2.75, 3.05) is 5.01 Å². The molecule has 0 saturated carbocycles. The van der Waals surface area contributed by atoms with Gasteiger partial charge < -0.3 is 0 Å². The van der Waals surface area contributed by atoms with Gasteiger partial charge in [0.05, 0.1) is 17.4 Å². The summed E-state index contributed by atoms with van der Waals surface area (Å²) in [6, 6.07) is 17.4. The number of benzene rings is 2. The van der Waals surface area contributed by atoms with Crippen LogP contribution in [0.4, 0.5) is 5.13 Å². The van der Waals surface area contributed by atoms with E-state index in [4.69, 9.17) is 5.10 Å². The van der Waals surface area contributed by atoms with Crippen molar-refractivity contribution >= 4 is 22.2 Å². The van der Waals surface area contributed by atoms with Crippen molar-refractivity contribution < 1.29 is 0 Å². The molecule has 0 bridgehead atoms. The predicted octanol–water partition coefficient (Wildman–Crippen LogP) is 5.42. The van der Waals surface area contributed by atoms with E-state index in [0.717, 1.165) is 23.0 Å². The molecule has 1 aliphatic rings. The molecule has 0 amide bonds. The number of aromatic nitrogens is 1. The predicted molar refractivity (Wildman–Crippen MR) is 106 cm³/mol. The van der Waals surface area contributed by atoms with Crippen molar-refractivity contribution in [1.82, 2.24) is 4.98 Å². The molecule has 1 atom stereocenters. The van der Waals surface area contributed by atoms with Gasteiger partial charge in [-0.05, 0) is 37.5 Å². The molecule has 3 aromatic rings. The fraction of sp³-hybridized carbons (Fsp3) is 0.238. The fourth-order valence-electron chi connectivity index (χ4n) is 3.26. The van der Waals surface area contributed by atoms with Crippen LogP contribution in [0, 0.1) is 20.8 Å². The molecule has 126 valence electrons. The number of nitrogens with zero attached hydrogens (tertiary/aromatic N) is 3. The minimum atomic E-state index is 0.197. The Morgan fingerprint density at radius 2 is 1.76 bits per heavy atom. The fourth-order valence-corrected chi connectivity index (χ4v) is 4.06. The summed E-state index contributed by atoms with van der Waals surface area (Å²) in [6.45, 7) is 6.31. The van der Waals surface area contributed by atoms with Crippen molar-refractivity contribution in [3.63, 3.8) is 0 Å². The second kappa shape index (κ2) is 6.45. The summed E-state index contributed by atoms with van der Waals surface area (Å²) in [7, 11) is 0. The van der Waals surface area contributed by atoms with Gasteiger partial charge in [-0.25, -0.2) is 9.99 Å². The summed E-state index contributed by atoms with van der Waals surface area (Å²) in [5, 5.41) is 10.1. The maximum atomic E-state index is 4.97. The third-order valence-corrected chi connectivity index (χ3v) is 5.59. The zero-order valence-electron chi connectivity index (χ0n) is 14.7. The first-order valence-electron chi connectivity index (χ1n) is 8.53. The highest BCUT2D eigenvalue weighted by Crippen LogP contribution is 2.39. The third-order valence-electron chi connectivity index (χ3n) is 4.65. The van der Waals surface area contributed by atoms with Gasteiger partial charge in [0.1, 0.15) is 0 Å². The SMILES string of the molecule is Cc1ccc(C2=NN(c3nc(C)cs3)[C@H](c3ccccc3C)C2)cc1. The highest BCUT2D eigenvalue weighted by molar-refractivity contribution is 7.13. The molecule has 3 nitrogen and oxygen atoms in total. The molecular weight excluding hydrogens is 326 g/mol. The van der Waals surface area contributed by atoms with Gasteiger partial charge in [-0.15, -0.1) is 11.3 Å². The van der Waals surface area contributed by atoms with Crippen LogP contribution in [0.15, 0.2) is 59.0 Å². The van der Waals surface area contributed by atoms with E-state index in [1.54, 1.807) is 11.3 Å². The van der Waals surface area contributed by atoms with E-state index in [0.29, 0.717) is 0 Å². The van der Waals surface area contributed by atoms with E-state index in [1.165, 1.54) is 22.3 Å². The molecule has 0 fully saturated rings. The maximum Gasteiger partial charge on any atom is 0.206 e. The Bertz CT molecular complexity index is 924. The minimum Gasteiger partial charge on any atom is -0.231 e. The monoisotopic (exact) mass is 347 g/mol. The molecule has 0 radical (unpaired) electrons. The number of anilines is 1. The summed E-state index contributed by atoms with van der Waals surface area (Å²) >= 11 is 1.66. The Hall–Kier alpha value is -2.46. The Balaban J connectivity index is 1.76. The van der Waals surface area contributed by atoms with Crippen LogP contribution >= 0.6 is 11.3 Å². The number of hydrazone groups is 1. The van der Waals surface area contributed by atoms with Gasteiger partial charge >= 0.3 is 0 Å². The maximum absolute atomic E-state index is 4.97. The lowest BCUT2D eigenvalue weighted by Gasteiger charge is -2.22. The number of rotatable bonds is 3. The number of thiazole rings is 1. The van der Waals surface area contributed by atoms with Crippen molar-refractivity contribution in [1.29, 1.82) is 0 Å². The van der Waals surface area contributed by atoms with Gasteiger partial charge in [-0.3, -0.25) is 0 Å². The Kier molecular flexibility index (Phi) is 4.14.